The first-order chi connectivity index (χ1) is 10.3. The lowest BCUT2D eigenvalue weighted by atomic mass is 10.2. The topological polar surface area (TPSA) is 64.8 Å². The van der Waals surface area contributed by atoms with E-state index in [1.54, 1.807) is 18.5 Å². The largest absolute Gasteiger partial charge is 0.379 e. The van der Waals surface area contributed by atoms with Gasteiger partial charge in [0.1, 0.15) is 17.6 Å². The third-order valence-electron chi connectivity index (χ3n) is 3.48. The maximum Gasteiger partial charge on any atom is 0.147 e. The molecule has 2 aromatic rings. The van der Waals surface area contributed by atoms with Crippen LogP contribution in [0.1, 0.15) is 12.1 Å². The number of anilines is 2. The average Bonchev–Trinajstić information content (AvgIpc) is 2.97. The second-order valence-corrected chi connectivity index (χ2v) is 5.34. The van der Waals surface area contributed by atoms with Gasteiger partial charge in [-0.1, -0.05) is 11.6 Å². The van der Waals surface area contributed by atoms with Crippen LogP contribution in [-0.4, -0.2) is 29.1 Å². The second-order valence-electron chi connectivity index (χ2n) is 4.93. The average molecular weight is 300 g/mol. The van der Waals surface area contributed by atoms with Crippen molar-refractivity contribution in [3.05, 3.63) is 47.4 Å². The van der Waals surface area contributed by atoms with Gasteiger partial charge in [-0.15, -0.1) is 0 Å². The number of rotatable bonds is 3. The molecule has 0 bridgehead atoms. The van der Waals surface area contributed by atoms with Crippen LogP contribution in [0.5, 0.6) is 0 Å². The van der Waals surface area contributed by atoms with Gasteiger partial charge in [-0.2, -0.15) is 5.26 Å². The fourth-order valence-corrected chi connectivity index (χ4v) is 2.70. The lowest BCUT2D eigenvalue weighted by molar-refractivity contribution is 0.805. The van der Waals surface area contributed by atoms with Gasteiger partial charge in [0.25, 0.3) is 0 Å². The summed E-state index contributed by atoms with van der Waals surface area (Å²) in [5.74, 6) is 0.835. The molecule has 1 saturated heterocycles. The van der Waals surface area contributed by atoms with E-state index in [-0.39, 0.29) is 0 Å². The summed E-state index contributed by atoms with van der Waals surface area (Å²) in [6.07, 6.45) is 4.45. The molecule has 1 aliphatic rings. The lowest BCUT2D eigenvalue weighted by Crippen LogP contribution is -2.26. The Morgan fingerprint density at radius 2 is 2.24 bits per heavy atom. The fourth-order valence-electron chi connectivity index (χ4n) is 2.46. The van der Waals surface area contributed by atoms with Crippen molar-refractivity contribution >= 4 is 23.1 Å². The number of nitriles is 1. The molecule has 0 amide bonds. The van der Waals surface area contributed by atoms with E-state index in [1.165, 1.54) is 0 Å². The van der Waals surface area contributed by atoms with E-state index in [4.69, 9.17) is 16.9 Å². The Morgan fingerprint density at radius 1 is 1.33 bits per heavy atom. The first kappa shape index (κ1) is 13.7. The van der Waals surface area contributed by atoms with Gasteiger partial charge in [-0.05, 0) is 30.7 Å². The Hall–Kier alpha value is -2.32. The molecule has 1 atom stereocenters. The number of hydrogen-bond donors (Lipinski definition) is 1. The summed E-state index contributed by atoms with van der Waals surface area (Å²) in [5.41, 5.74) is 1.35. The zero-order chi connectivity index (χ0) is 14.7. The monoisotopic (exact) mass is 299 g/mol. The Balaban J connectivity index is 1.64. The molecule has 3 rings (SSSR count). The van der Waals surface area contributed by atoms with E-state index in [0.717, 1.165) is 31.0 Å². The highest BCUT2D eigenvalue weighted by Crippen LogP contribution is 2.26. The molecule has 106 valence electrons. The van der Waals surface area contributed by atoms with E-state index in [9.17, 15) is 0 Å². The van der Waals surface area contributed by atoms with E-state index >= 15 is 0 Å². The molecule has 0 radical (unpaired) electrons. The molecule has 1 N–H and O–H groups in total. The first-order valence-corrected chi connectivity index (χ1v) is 7.12. The van der Waals surface area contributed by atoms with Crippen molar-refractivity contribution in [2.24, 2.45) is 0 Å². The maximum atomic E-state index is 8.74. The zero-order valence-corrected chi connectivity index (χ0v) is 12.1. The minimum Gasteiger partial charge on any atom is -0.379 e. The lowest BCUT2D eigenvalue weighted by Gasteiger charge is -2.19. The molecule has 0 aliphatic carbocycles. The van der Waals surface area contributed by atoms with Gasteiger partial charge in [0.15, 0.2) is 0 Å². The Labute approximate surface area is 128 Å². The van der Waals surface area contributed by atoms with Crippen molar-refractivity contribution in [1.82, 2.24) is 9.97 Å². The van der Waals surface area contributed by atoms with Crippen LogP contribution in [0.25, 0.3) is 0 Å². The normalized spacial score (nSPS) is 17.5. The summed E-state index contributed by atoms with van der Waals surface area (Å²) in [7, 11) is 0. The second kappa shape index (κ2) is 5.98. The van der Waals surface area contributed by atoms with Crippen LogP contribution >= 0.6 is 11.6 Å². The highest BCUT2D eigenvalue weighted by Gasteiger charge is 2.24. The predicted octanol–water partition coefficient (Wildman–Crippen LogP) is 2.69. The third kappa shape index (κ3) is 3.06. The molecule has 1 unspecified atom stereocenters. The van der Waals surface area contributed by atoms with Crippen molar-refractivity contribution in [1.29, 1.82) is 5.26 Å². The number of pyridine rings is 2. The number of nitrogens with zero attached hydrogens (tertiary/aromatic N) is 4. The van der Waals surface area contributed by atoms with Crippen LogP contribution < -0.4 is 10.2 Å². The molecule has 1 fully saturated rings. The Kier molecular flexibility index (Phi) is 3.89. The molecule has 0 spiro atoms. The van der Waals surface area contributed by atoms with E-state index < -0.39 is 0 Å². The van der Waals surface area contributed by atoms with Gasteiger partial charge >= 0.3 is 0 Å². The van der Waals surface area contributed by atoms with Crippen molar-refractivity contribution in [3.8, 4) is 6.07 Å². The molecule has 2 aromatic heterocycles. The first-order valence-electron chi connectivity index (χ1n) is 6.74. The van der Waals surface area contributed by atoms with Gasteiger partial charge < -0.3 is 10.2 Å². The van der Waals surface area contributed by atoms with Crippen molar-refractivity contribution in [2.75, 3.05) is 23.3 Å². The Morgan fingerprint density at radius 3 is 2.95 bits per heavy atom. The van der Waals surface area contributed by atoms with Gasteiger partial charge in [0, 0.05) is 25.3 Å². The zero-order valence-electron chi connectivity index (χ0n) is 11.3. The quantitative estimate of drug-likeness (QED) is 0.944. The van der Waals surface area contributed by atoms with Crippen molar-refractivity contribution in [2.45, 2.75) is 12.5 Å². The van der Waals surface area contributed by atoms with Crippen LogP contribution in [0, 0.1) is 11.3 Å². The minimum atomic E-state index is 0.317. The van der Waals surface area contributed by atoms with E-state index in [2.05, 4.69) is 20.2 Å². The van der Waals surface area contributed by atoms with Crippen molar-refractivity contribution in [3.63, 3.8) is 0 Å². The smallest absolute Gasteiger partial charge is 0.147 e. The van der Waals surface area contributed by atoms with Crippen LogP contribution in [0.3, 0.4) is 0 Å². The number of hydrogen-bond acceptors (Lipinski definition) is 5. The van der Waals surface area contributed by atoms with Crippen molar-refractivity contribution < 1.29 is 0 Å². The molecular weight excluding hydrogens is 286 g/mol. The third-order valence-corrected chi connectivity index (χ3v) is 3.77. The molecule has 3 heterocycles. The Bertz CT molecular complexity index is 665. The van der Waals surface area contributed by atoms with Gasteiger partial charge in [-0.25, -0.2) is 9.97 Å². The standard InChI is InChI=1S/C15H14ClN5/c16-14-2-1-6-18-15(14)21-7-5-13(10-21)20-12-4-3-11(8-17)19-9-12/h1-4,6,9,13,20H,5,7,10H2. The van der Waals surface area contributed by atoms with Crippen LogP contribution in [-0.2, 0) is 0 Å². The predicted molar refractivity (Wildman–Crippen MR) is 82.4 cm³/mol. The van der Waals surface area contributed by atoms with E-state index in [1.807, 2.05) is 24.3 Å². The summed E-state index contributed by atoms with van der Waals surface area (Å²) in [6, 6.07) is 9.61. The van der Waals surface area contributed by atoms with E-state index in [0.29, 0.717) is 16.8 Å². The molecule has 0 aromatic carbocycles. The molecule has 1 aliphatic heterocycles. The SMILES string of the molecule is N#Cc1ccc(NC2CCN(c3ncccc3Cl)C2)cn1. The van der Waals surface area contributed by atoms with Gasteiger partial charge in [0.05, 0.1) is 16.9 Å². The molecule has 6 heteroatoms. The summed E-state index contributed by atoms with van der Waals surface area (Å²) >= 11 is 6.18. The van der Waals surface area contributed by atoms with Gasteiger partial charge in [0.2, 0.25) is 0 Å². The highest BCUT2D eigenvalue weighted by atomic mass is 35.5. The summed E-state index contributed by atoms with van der Waals surface area (Å²) in [6.45, 7) is 1.76. The summed E-state index contributed by atoms with van der Waals surface area (Å²) < 4.78 is 0. The molecule has 5 nitrogen and oxygen atoms in total. The number of aromatic nitrogens is 2. The molecular formula is C15H14ClN5. The maximum absolute atomic E-state index is 8.74. The van der Waals surface area contributed by atoms with Gasteiger partial charge in [-0.3, -0.25) is 0 Å². The molecule has 21 heavy (non-hydrogen) atoms. The summed E-state index contributed by atoms with van der Waals surface area (Å²) in [5, 5.41) is 12.8. The van der Waals surface area contributed by atoms with Crippen LogP contribution in [0.15, 0.2) is 36.7 Å². The molecule has 0 saturated carbocycles. The number of nitrogens with one attached hydrogen (secondary N) is 1. The fraction of sp³-hybridized carbons (Fsp3) is 0.267. The number of halogens is 1. The van der Waals surface area contributed by atoms with Crippen LogP contribution in [0.2, 0.25) is 5.02 Å². The highest BCUT2D eigenvalue weighted by molar-refractivity contribution is 6.32. The van der Waals surface area contributed by atoms with Crippen LogP contribution in [0.4, 0.5) is 11.5 Å². The minimum absolute atomic E-state index is 0.317. The summed E-state index contributed by atoms with van der Waals surface area (Å²) in [4.78, 5) is 10.6.